The van der Waals surface area contributed by atoms with Gasteiger partial charge in [0.25, 0.3) is 0 Å². The average Bonchev–Trinajstić information content (AvgIpc) is 2.59. The molecule has 19 heavy (non-hydrogen) atoms. The van der Waals surface area contributed by atoms with Crippen LogP contribution in [0, 0.1) is 0 Å². The second kappa shape index (κ2) is 5.32. The summed E-state index contributed by atoms with van der Waals surface area (Å²) in [5.41, 5.74) is 6.07. The Bertz CT molecular complexity index is 674. The normalized spacial score (nSPS) is 15.8. The molecule has 0 unspecified atom stereocenters. The summed E-state index contributed by atoms with van der Waals surface area (Å²) < 4.78 is 0. The van der Waals surface area contributed by atoms with Crippen molar-refractivity contribution < 1.29 is 0 Å². The molecule has 1 aliphatic rings. The third-order valence-corrected chi connectivity index (χ3v) is 4.85. The topological polar surface area (TPSA) is 0 Å². The highest BCUT2D eigenvalue weighted by atomic mass is 79.9. The summed E-state index contributed by atoms with van der Waals surface area (Å²) in [6.07, 6.45) is 1.89. The second-order valence-corrected chi connectivity index (χ2v) is 5.81. The summed E-state index contributed by atoms with van der Waals surface area (Å²) >= 11 is 16.0. The SMILES string of the molecule is Clc1ccc2c(c1Cl)CCc1ccccc1C2=CBr. The number of rotatable bonds is 0. The summed E-state index contributed by atoms with van der Waals surface area (Å²) in [4.78, 5) is 1.97. The molecule has 0 saturated carbocycles. The van der Waals surface area contributed by atoms with Gasteiger partial charge in [-0.3, -0.25) is 0 Å². The van der Waals surface area contributed by atoms with Gasteiger partial charge < -0.3 is 0 Å². The van der Waals surface area contributed by atoms with Crippen molar-refractivity contribution >= 4 is 44.7 Å². The molecule has 1 aliphatic carbocycles. The maximum absolute atomic E-state index is 6.37. The first-order valence-corrected chi connectivity index (χ1v) is 7.75. The molecule has 0 saturated heterocycles. The lowest BCUT2D eigenvalue weighted by molar-refractivity contribution is 0.965. The minimum Gasteiger partial charge on any atom is -0.0827 e. The first-order valence-electron chi connectivity index (χ1n) is 6.08. The minimum atomic E-state index is 0.625. The summed E-state index contributed by atoms with van der Waals surface area (Å²) in [6.45, 7) is 0. The van der Waals surface area contributed by atoms with E-state index in [-0.39, 0.29) is 0 Å². The van der Waals surface area contributed by atoms with Crippen LogP contribution < -0.4 is 0 Å². The fraction of sp³-hybridized carbons (Fsp3) is 0.125. The highest BCUT2D eigenvalue weighted by molar-refractivity contribution is 9.11. The van der Waals surface area contributed by atoms with E-state index in [0.717, 1.165) is 24.0 Å². The Morgan fingerprint density at radius 2 is 1.74 bits per heavy atom. The third kappa shape index (κ3) is 2.24. The summed E-state index contributed by atoms with van der Waals surface area (Å²) in [6, 6.07) is 12.4. The number of hydrogen-bond donors (Lipinski definition) is 0. The van der Waals surface area contributed by atoms with Crippen molar-refractivity contribution in [2.24, 2.45) is 0 Å². The summed E-state index contributed by atoms with van der Waals surface area (Å²) in [5.74, 6) is 0. The fourth-order valence-corrected chi connectivity index (χ4v) is 3.54. The molecule has 0 spiro atoms. The molecule has 0 radical (unpaired) electrons. The van der Waals surface area contributed by atoms with Crippen LogP contribution in [-0.2, 0) is 12.8 Å². The summed E-state index contributed by atoms with van der Waals surface area (Å²) in [7, 11) is 0. The fourth-order valence-electron chi connectivity index (χ4n) is 2.61. The van der Waals surface area contributed by atoms with Crippen LogP contribution in [0.2, 0.25) is 10.0 Å². The van der Waals surface area contributed by atoms with Gasteiger partial charge in [-0.05, 0) is 51.7 Å². The molecule has 2 aromatic rings. The maximum Gasteiger partial charge on any atom is 0.0630 e. The van der Waals surface area contributed by atoms with Crippen molar-refractivity contribution in [2.45, 2.75) is 12.8 Å². The Hall–Kier alpha value is -0.760. The predicted molar refractivity (Wildman–Crippen MR) is 86.3 cm³/mol. The summed E-state index contributed by atoms with van der Waals surface area (Å²) in [5, 5.41) is 1.30. The molecular weight excluding hydrogens is 343 g/mol. The molecule has 3 heteroatoms. The van der Waals surface area contributed by atoms with Crippen LogP contribution in [0.1, 0.15) is 22.3 Å². The lowest BCUT2D eigenvalue weighted by atomic mass is 9.95. The predicted octanol–water partition coefficient (Wildman–Crippen LogP) is 5.88. The van der Waals surface area contributed by atoms with Gasteiger partial charge in [-0.2, -0.15) is 0 Å². The van der Waals surface area contributed by atoms with Gasteiger partial charge in [0.15, 0.2) is 0 Å². The Morgan fingerprint density at radius 1 is 0.947 bits per heavy atom. The molecule has 2 aromatic carbocycles. The first kappa shape index (κ1) is 13.2. The zero-order chi connectivity index (χ0) is 13.4. The third-order valence-electron chi connectivity index (χ3n) is 3.55. The van der Waals surface area contributed by atoms with Gasteiger partial charge in [-0.15, -0.1) is 0 Å². The molecule has 0 nitrogen and oxygen atoms in total. The molecular formula is C16H11BrCl2. The van der Waals surface area contributed by atoms with Crippen molar-refractivity contribution in [1.82, 2.24) is 0 Å². The van der Waals surface area contributed by atoms with E-state index in [1.807, 2.05) is 11.1 Å². The van der Waals surface area contributed by atoms with Gasteiger partial charge >= 0.3 is 0 Å². The molecule has 3 rings (SSSR count). The van der Waals surface area contributed by atoms with Gasteiger partial charge in [0.1, 0.15) is 0 Å². The van der Waals surface area contributed by atoms with Gasteiger partial charge in [-0.1, -0.05) is 69.5 Å². The van der Waals surface area contributed by atoms with Crippen LogP contribution in [-0.4, -0.2) is 0 Å². The molecule has 0 heterocycles. The number of hydrogen-bond acceptors (Lipinski definition) is 0. The molecule has 0 fully saturated rings. The van der Waals surface area contributed by atoms with E-state index in [0.29, 0.717) is 10.0 Å². The van der Waals surface area contributed by atoms with Crippen molar-refractivity contribution in [3.63, 3.8) is 0 Å². The van der Waals surface area contributed by atoms with E-state index in [4.69, 9.17) is 23.2 Å². The number of aryl methyl sites for hydroxylation is 1. The second-order valence-electron chi connectivity index (χ2n) is 4.57. The Kier molecular flexibility index (Phi) is 3.70. The molecule has 0 atom stereocenters. The largest absolute Gasteiger partial charge is 0.0827 e. The Balaban J connectivity index is 2.29. The lowest BCUT2D eigenvalue weighted by Gasteiger charge is -2.12. The van der Waals surface area contributed by atoms with Gasteiger partial charge in [0, 0.05) is 0 Å². The Morgan fingerprint density at radius 3 is 2.53 bits per heavy atom. The number of halogens is 3. The molecule has 0 amide bonds. The van der Waals surface area contributed by atoms with Crippen molar-refractivity contribution in [3.05, 3.63) is 73.7 Å². The van der Waals surface area contributed by atoms with Crippen LogP contribution in [0.5, 0.6) is 0 Å². The van der Waals surface area contributed by atoms with Crippen LogP contribution >= 0.6 is 39.1 Å². The van der Waals surface area contributed by atoms with Crippen molar-refractivity contribution in [1.29, 1.82) is 0 Å². The zero-order valence-electron chi connectivity index (χ0n) is 10.1. The smallest absolute Gasteiger partial charge is 0.0630 e. The highest BCUT2D eigenvalue weighted by Crippen LogP contribution is 2.39. The van der Waals surface area contributed by atoms with E-state index < -0.39 is 0 Å². The van der Waals surface area contributed by atoms with E-state index in [1.165, 1.54) is 16.7 Å². The van der Waals surface area contributed by atoms with Gasteiger partial charge in [0.05, 0.1) is 10.0 Å². The first-order chi connectivity index (χ1) is 9.22. The van der Waals surface area contributed by atoms with E-state index in [2.05, 4.69) is 46.3 Å². The van der Waals surface area contributed by atoms with E-state index >= 15 is 0 Å². The van der Waals surface area contributed by atoms with Crippen molar-refractivity contribution in [2.75, 3.05) is 0 Å². The molecule has 0 N–H and O–H groups in total. The van der Waals surface area contributed by atoms with Gasteiger partial charge in [-0.25, -0.2) is 0 Å². The molecule has 96 valence electrons. The molecule has 0 bridgehead atoms. The average molecular weight is 354 g/mol. The zero-order valence-corrected chi connectivity index (χ0v) is 13.2. The van der Waals surface area contributed by atoms with E-state index in [9.17, 15) is 0 Å². The van der Waals surface area contributed by atoms with Crippen molar-refractivity contribution in [3.8, 4) is 0 Å². The lowest BCUT2D eigenvalue weighted by Crippen LogP contribution is -1.93. The van der Waals surface area contributed by atoms with Gasteiger partial charge in [0.2, 0.25) is 0 Å². The molecule has 0 aliphatic heterocycles. The number of benzene rings is 2. The van der Waals surface area contributed by atoms with Crippen LogP contribution in [0.3, 0.4) is 0 Å². The minimum absolute atomic E-state index is 0.625. The van der Waals surface area contributed by atoms with Crippen LogP contribution in [0.15, 0.2) is 41.4 Å². The monoisotopic (exact) mass is 352 g/mol. The Labute approximate surface area is 131 Å². The van der Waals surface area contributed by atoms with E-state index in [1.54, 1.807) is 0 Å². The number of fused-ring (bicyclic) bond motifs is 2. The quantitative estimate of drug-likeness (QED) is 0.555. The van der Waals surface area contributed by atoms with Crippen LogP contribution in [0.25, 0.3) is 5.57 Å². The maximum atomic E-state index is 6.37. The molecule has 0 aromatic heterocycles. The highest BCUT2D eigenvalue weighted by Gasteiger charge is 2.20. The van der Waals surface area contributed by atoms with Crippen LogP contribution in [0.4, 0.5) is 0 Å². The standard InChI is InChI=1S/C16H11BrCl2/c17-9-14-11-4-2-1-3-10(11)5-6-13-12(14)7-8-15(18)16(13)19/h1-4,7-9H,5-6H2.